The largest absolute Gasteiger partial charge is 0.382 e. The summed E-state index contributed by atoms with van der Waals surface area (Å²) in [6.45, 7) is 2.61. The van der Waals surface area contributed by atoms with Crippen LogP contribution in [0.3, 0.4) is 0 Å². The third-order valence-electron chi connectivity index (χ3n) is 2.38. The molecule has 1 unspecified atom stereocenters. The van der Waals surface area contributed by atoms with E-state index in [4.69, 9.17) is 16.2 Å². The Morgan fingerprint density at radius 2 is 2.38 bits per heavy atom. The number of primary amides is 1. The van der Waals surface area contributed by atoms with E-state index in [0.29, 0.717) is 6.61 Å². The first-order valence-corrected chi connectivity index (χ1v) is 5.23. The van der Waals surface area contributed by atoms with Crippen molar-refractivity contribution in [1.82, 2.24) is 9.78 Å². The summed E-state index contributed by atoms with van der Waals surface area (Å²) in [5.74, 6) is -0.388. The quantitative estimate of drug-likeness (QED) is 0.740. The lowest BCUT2D eigenvalue weighted by Crippen LogP contribution is -2.15. The van der Waals surface area contributed by atoms with Crippen LogP contribution in [0.1, 0.15) is 36.2 Å². The van der Waals surface area contributed by atoms with Crippen LogP contribution in [0.5, 0.6) is 0 Å². The number of nitrogen functional groups attached to an aromatic ring is 1. The lowest BCUT2D eigenvalue weighted by molar-refractivity contribution is 0.100. The van der Waals surface area contributed by atoms with Crippen LogP contribution < -0.4 is 11.5 Å². The van der Waals surface area contributed by atoms with Gasteiger partial charge in [-0.25, -0.2) is 0 Å². The number of nitrogens with zero attached hydrogens (tertiary/aromatic N) is 2. The number of hydrogen-bond donors (Lipinski definition) is 2. The summed E-state index contributed by atoms with van der Waals surface area (Å²) >= 11 is 0. The van der Waals surface area contributed by atoms with Gasteiger partial charge in [0.2, 0.25) is 0 Å². The molecule has 0 radical (unpaired) electrons. The molecule has 0 saturated heterocycles. The van der Waals surface area contributed by atoms with Gasteiger partial charge >= 0.3 is 0 Å². The van der Waals surface area contributed by atoms with Crippen LogP contribution in [-0.4, -0.2) is 29.4 Å². The lowest BCUT2D eigenvalue weighted by atomic mass is 10.2. The highest BCUT2D eigenvalue weighted by Crippen LogP contribution is 2.17. The van der Waals surface area contributed by atoms with Crippen LogP contribution in [0.2, 0.25) is 0 Å². The molecule has 16 heavy (non-hydrogen) atoms. The van der Waals surface area contributed by atoms with Crippen LogP contribution in [0.4, 0.5) is 5.82 Å². The number of nitrogens with two attached hydrogens (primary N) is 2. The van der Waals surface area contributed by atoms with Crippen molar-refractivity contribution >= 4 is 11.7 Å². The van der Waals surface area contributed by atoms with Gasteiger partial charge in [0.15, 0.2) is 5.82 Å². The van der Waals surface area contributed by atoms with Gasteiger partial charge in [0.1, 0.15) is 5.56 Å². The minimum absolute atomic E-state index is 0.0883. The standard InChI is InChI=1S/C10H18N4O2/c1-3-4-7(6-16-2)14-5-8(10(12)15)9(11)13-14/h5,7H,3-4,6H2,1-2H3,(H2,11,13)(H2,12,15). The fraction of sp³-hybridized carbons (Fsp3) is 0.600. The van der Waals surface area contributed by atoms with E-state index in [1.807, 2.05) is 0 Å². The second kappa shape index (κ2) is 5.50. The first-order chi connectivity index (χ1) is 7.60. The van der Waals surface area contributed by atoms with Crippen molar-refractivity contribution in [3.63, 3.8) is 0 Å². The summed E-state index contributed by atoms with van der Waals surface area (Å²) in [6.07, 6.45) is 3.49. The fourth-order valence-electron chi connectivity index (χ4n) is 1.60. The first kappa shape index (κ1) is 12.5. The third-order valence-corrected chi connectivity index (χ3v) is 2.38. The molecule has 6 nitrogen and oxygen atoms in total. The summed E-state index contributed by atoms with van der Waals surface area (Å²) in [5.41, 5.74) is 11.0. The lowest BCUT2D eigenvalue weighted by Gasteiger charge is -2.15. The second-order valence-electron chi connectivity index (χ2n) is 3.67. The van der Waals surface area contributed by atoms with Gasteiger partial charge in [0, 0.05) is 13.3 Å². The van der Waals surface area contributed by atoms with Gasteiger partial charge in [-0.15, -0.1) is 0 Å². The Bertz CT molecular complexity index is 356. The molecule has 0 fully saturated rings. The molecule has 0 spiro atoms. The zero-order valence-electron chi connectivity index (χ0n) is 9.64. The molecular weight excluding hydrogens is 208 g/mol. The molecule has 4 N–H and O–H groups in total. The number of aromatic nitrogens is 2. The summed E-state index contributed by atoms with van der Waals surface area (Å²) in [5, 5.41) is 4.08. The number of amides is 1. The Kier molecular flexibility index (Phi) is 4.30. The Labute approximate surface area is 94.5 Å². The third kappa shape index (κ3) is 2.73. The number of carbonyl (C=O) groups excluding carboxylic acids is 1. The average molecular weight is 226 g/mol. The number of carbonyl (C=O) groups is 1. The Morgan fingerprint density at radius 3 is 2.81 bits per heavy atom. The van der Waals surface area contributed by atoms with E-state index in [1.54, 1.807) is 18.0 Å². The zero-order chi connectivity index (χ0) is 12.1. The molecule has 90 valence electrons. The van der Waals surface area contributed by atoms with Gasteiger partial charge in [-0.2, -0.15) is 5.10 Å². The predicted octanol–water partition coefficient (Wildman–Crippen LogP) is 0.552. The minimum Gasteiger partial charge on any atom is -0.382 e. The van der Waals surface area contributed by atoms with Crippen molar-refractivity contribution in [2.75, 3.05) is 19.5 Å². The Balaban J connectivity index is 2.92. The molecule has 1 heterocycles. The van der Waals surface area contributed by atoms with Gasteiger partial charge in [0.25, 0.3) is 5.91 Å². The molecule has 1 amide bonds. The molecule has 6 heteroatoms. The van der Waals surface area contributed by atoms with Gasteiger partial charge in [-0.05, 0) is 6.42 Å². The van der Waals surface area contributed by atoms with Crippen molar-refractivity contribution in [3.8, 4) is 0 Å². The second-order valence-corrected chi connectivity index (χ2v) is 3.67. The highest BCUT2D eigenvalue weighted by molar-refractivity contribution is 5.96. The SMILES string of the molecule is CCCC(COC)n1cc(C(N)=O)c(N)n1. The predicted molar refractivity (Wildman–Crippen MR) is 61.0 cm³/mol. The molecule has 0 aliphatic heterocycles. The maximum Gasteiger partial charge on any atom is 0.254 e. The highest BCUT2D eigenvalue weighted by Gasteiger charge is 2.16. The normalized spacial score (nSPS) is 12.6. The van der Waals surface area contributed by atoms with Gasteiger partial charge < -0.3 is 16.2 Å². The van der Waals surface area contributed by atoms with E-state index in [2.05, 4.69) is 12.0 Å². The molecule has 1 aromatic heterocycles. The Morgan fingerprint density at radius 1 is 1.69 bits per heavy atom. The number of rotatable bonds is 6. The van der Waals surface area contributed by atoms with Crippen molar-refractivity contribution in [2.24, 2.45) is 5.73 Å². The number of hydrogen-bond acceptors (Lipinski definition) is 4. The van der Waals surface area contributed by atoms with Crippen molar-refractivity contribution < 1.29 is 9.53 Å². The van der Waals surface area contributed by atoms with Crippen molar-refractivity contribution in [1.29, 1.82) is 0 Å². The van der Waals surface area contributed by atoms with E-state index in [-0.39, 0.29) is 17.4 Å². The van der Waals surface area contributed by atoms with Crippen LogP contribution in [0, 0.1) is 0 Å². The van der Waals surface area contributed by atoms with Crippen LogP contribution in [-0.2, 0) is 4.74 Å². The topological polar surface area (TPSA) is 96.2 Å². The maximum atomic E-state index is 11.0. The van der Waals surface area contributed by atoms with E-state index in [9.17, 15) is 4.79 Å². The van der Waals surface area contributed by atoms with Gasteiger partial charge in [-0.1, -0.05) is 13.3 Å². The molecule has 0 aliphatic rings. The van der Waals surface area contributed by atoms with Crippen LogP contribution in [0.25, 0.3) is 0 Å². The Hall–Kier alpha value is -1.56. The summed E-state index contributed by atoms with van der Waals surface area (Å²) in [6, 6.07) is 0.0883. The van der Waals surface area contributed by atoms with Crippen molar-refractivity contribution in [2.45, 2.75) is 25.8 Å². The molecule has 0 aliphatic carbocycles. The van der Waals surface area contributed by atoms with E-state index >= 15 is 0 Å². The first-order valence-electron chi connectivity index (χ1n) is 5.23. The number of methoxy groups -OCH3 is 1. The molecule has 1 atom stereocenters. The average Bonchev–Trinajstić information content (AvgIpc) is 2.60. The zero-order valence-corrected chi connectivity index (χ0v) is 9.64. The van der Waals surface area contributed by atoms with Crippen LogP contribution in [0.15, 0.2) is 6.20 Å². The molecule has 0 bridgehead atoms. The smallest absolute Gasteiger partial charge is 0.254 e. The highest BCUT2D eigenvalue weighted by atomic mass is 16.5. The minimum atomic E-state index is -0.559. The van der Waals surface area contributed by atoms with E-state index in [1.165, 1.54) is 0 Å². The molecule has 1 rings (SSSR count). The summed E-state index contributed by atoms with van der Waals surface area (Å²) < 4.78 is 6.76. The number of anilines is 1. The molecular formula is C10H18N4O2. The van der Waals surface area contributed by atoms with E-state index in [0.717, 1.165) is 12.8 Å². The maximum absolute atomic E-state index is 11.0. The summed E-state index contributed by atoms with van der Waals surface area (Å²) in [4.78, 5) is 11.0. The van der Waals surface area contributed by atoms with Gasteiger partial charge in [-0.3, -0.25) is 9.48 Å². The number of ether oxygens (including phenoxy) is 1. The van der Waals surface area contributed by atoms with Crippen LogP contribution >= 0.6 is 0 Å². The summed E-state index contributed by atoms with van der Waals surface area (Å²) in [7, 11) is 1.63. The molecule has 1 aromatic rings. The monoisotopic (exact) mass is 226 g/mol. The molecule has 0 saturated carbocycles. The molecule has 0 aromatic carbocycles. The van der Waals surface area contributed by atoms with E-state index < -0.39 is 5.91 Å². The van der Waals surface area contributed by atoms with Gasteiger partial charge in [0.05, 0.1) is 12.6 Å². The fourth-order valence-corrected chi connectivity index (χ4v) is 1.60. The van der Waals surface area contributed by atoms with Crippen molar-refractivity contribution in [3.05, 3.63) is 11.8 Å².